The molecule has 1 aromatic carbocycles. The fourth-order valence-corrected chi connectivity index (χ4v) is 2.53. The van der Waals surface area contributed by atoms with Crippen LogP contribution in [0.2, 0.25) is 0 Å². The zero-order valence-electron chi connectivity index (χ0n) is 11.6. The second-order valence-corrected chi connectivity index (χ2v) is 5.14. The molecule has 19 heavy (non-hydrogen) atoms. The first kappa shape index (κ1) is 14.1. The van der Waals surface area contributed by atoms with E-state index < -0.39 is 0 Å². The van der Waals surface area contributed by atoms with E-state index in [0.717, 1.165) is 24.2 Å². The fourth-order valence-electron chi connectivity index (χ4n) is 2.53. The van der Waals surface area contributed by atoms with Crippen LogP contribution in [0.4, 0.5) is 0 Å². The van der Waals surface area contributed by atoms with E-state index >= 15 is 0 Å². The number of carbonyl (C=O) groups excluding carboxylic acids is 1. The van der Waals surface area contributed by atoms with Crippen molar-refractivity contribution >= 4 is 5.78 Å². The molecular weight excluding hydrogens is 240 g/mol. The van der Waals surface area contributed by atoms with Crippen LogP contribution >= 0.6 is 0 Å². The van der Waals surface area contributed by atoms with Crippen molar-refractivity contribution in [3.63, 3.8) is 0 Å². The first-order valence-corrected chi connectivity index (χ1v) is 7.03. The van der Waals surface area contributed by atoms with Crippen molar-refractivity contribution in [3.8, 4) is 5.75 Å². The molecule has 0 aromatic heterocycles. The van der Waals surface area contributed by atoms with Gasteiger partial charge in [0.1, 0.15) is 12.4 Å². The van der Waals surface area contributed by atoms with Gasteiger partial charge in [0.05, 0.1) is 13.7 Å². The quantitative estimate of drug-likeness (QED) is 0.788. The molecule has 0 saturated heterocycles. The number of carbonyl (C=O) groups is 1. The summed E-state index contributed by atoms with van der Waals surface area (Å²) in [5, 5.41) is 0. The summed E-state index contributed by atoms with van der Waals surface area (Å²) in [6.07, 6.45) is 5.75. The first-order valence-electron chi connectivity index (χ1n) is 7.03. The van der Waals surface area contributed by atoms with E-state index in [2.05, 4.69) is 0 Å². The van der Waals surface area contributed by atoms with Crippen molar-refractivity contribution in [1.82, 2.24) is 0 Å². The van der Waals surface area contributed by atoms with Crippen LogP contribution in [-0.2, 0) is 16.1 Å². The highest BCUT2D eigenvalue weighted by atomic mass is 16.5. The lowest BCUT2D eigenvalue weighted by molar-refractivity contribution is -0.128. The van der Waals surface area contributed by atoms with Crippen molar-refractivity contribution < 1.29 is 14.3 Å². The fraction of sp³-hybridized carbons (Fsp3) is 0.562. The summed E-state index contributed by atoms with van der Waals surface area (Å²) in [5.41, 5.74) is 1.07. The van der Waals surface area contributed by atoms with Gasteiger partial charge in [-0.25, -0.2) is 0 Å². The first-order chi connectivity index (χ1) is 9.29. The Hall–Kier alpha value is -1.35. The van der Waals surface area contributed by atoms with Gasteiger partial charge < -0.3 is 9.47 Å². The maximum Gasteiger partial charge on any atom is 0.161 e. The SMILES string of the molecule is COc1ccc(COCC(=O)C2CCCCC2)cc1. The van der Waals surface area contributed by atoms with Crippen LogP contribution in [-0.4, -0.2) is 19.5 Å². The number of ketones is 1. The number of hydrogen-bond donors (Lipinski definition) is 0. The normalized spacial score (nSPS) is 16.3. The van der Waals surface area contributed by atoms with Gasteiger partial charge in [0.25, 0.3) is 0 Å². The van der Waals surface area contributed by atoms with Crippen LogP contribution in [0.15, 0.2) is 24.3 Å². The molecule has 1 aliphatic rings. The van der Waals surface area contributed by atoms with Crippen LogP contribution in [0.5, 0.6) is 5.75 Å². The molecule has 0 unspecified atom stereocenters. The second kappa shape index (κ2) is 7.29. The van der Waals surface area contributed by atoms with Crippen LogP contribution in [0.3, 0.4) is 0 Å². The Labute approximate surface area is 114 Å². The molecule has 0 atom stereocenters. The number of rotatable bonds is 6. The molecule has 0 amide bonds. The molecule has 3 nitrogen and oxygen atoms in total. The largest absolute Gasteiger partial charge is 0.497 e. The highest BCUT2D eigenvalue weighted by molar-refractivity contribution is 5.82. The van der Waals surface area contributed by atoms with Gasteiger partial charge in [-0.1, -0.05) is 31.4 Å². The third kappa shape index (κ3) is 4.35. The zero-order valence-corrected chi connectivity index (χ0v) is 11.6. The van der Waals surface area contributed by atoms with Gasteiger partial charge in [-0.2, -0.15) is 0 Å². The van der Waals surface area contributed by atoms with Gasteiger partial charge >= 0.3 is 0 Å². The maximum atomic E-state index is 11.9. The van der Waals surface area contributed by atoms with Gasteiger partial charge in [0.15, 0.2) is 5.78 Å². The van der Waals surface area contributed by atoms with Crippen molar-refractivity contribution in [2.45, 2.75) is 38.7 Å². The average Bonchev–Trinajstić information content (AvgIpc) is 2.49. The third-order valence-electron chi connectivity index (χ3n) is 3.73. The number of hydrogen-bond acceptors (Lipinski definition) is 3. The summed E-state index contributed by atoms with van der Waals surface area (Å²) in [7, 11) is 1.65. The van der Waals surface area contributed by atoms with E-state index in [1.807, 2.05) is 24.3 Å². The Bertz CT molecular complexity index is 391. The number of Topliss-reactive ketones (excluding diaryl/α,β-unsaturated/α-hetero) is 1. The van der Waals surface area contributed by atoms with Crippen LogP contribution < -0.4 is 4.74 Å². The highest BCUT2D eigenvalue weighted by Gasteiger charge is 2.20. The number of methoxy groups -OCH3 is 1. The predicted molar refractivity (Wildman–Crippen MR) is 74.2 cm³/mol. The summed E-state index contributed by atoms with van der Waals surface area (Å²) in [4.78, 5) is 11.9. The molecule has 1 fully saturated rings. The van der Waals surface area contributed by atoms with Gasteiger partial charge in [-0.15, -0.1) is 0 Å². The Morgan fingerprint density at radius 3 is 2.47 bits per heavy atom. The molecule has 1 saturated carbocycles. The van der Waals surface area contributed by atoms with E-state index in [-0.39, 0.29) is 18.3 Å². The summed E-state index contributed by atoms with van der Waals surface area (Å²) >= 11 is 0. The summed E-state index contributed by atoms with van der Waals surface area (Å²) in [6, 6.07) is 7.73. The Kier molecular flexibility index (Phi) is 5.40. The highest BCUT2D eigenvalue weighted by Crippen LogP contribution is 2.24. The summed E-state index contributed by atoms with van der Waals surface area (Å²) in [5.74, 6) is 1.35. The van der Waals surface area contributed by atoms with Crippen LogP contribution in [0.25, 0.3) is 0 Å². The minimum atomic E-state index is 0.240. The Morgan fingerprint density at radius 1 is 1.16 bits per heavy atom. The molecule has 0 spiro atoms. The monoisotopic (exact) mass is 262 g/mol. The predicted octanol–water partition coefficient (Wildman–Crippen LogP) is 3.36. The average molecular weight is 262 g/mol. The standard InChI is InChI=1S/C16H22O3/c1-18-15-9-7-13(8-10-15)11-19-12-16(17)14-5-3-2-4-6-14/h7-10,14H,2-6,11-12H2,1H3. The van der Waals surface area contributed by atoms with E-state index in [0.29, 0.717) is 6.61 Å². The van der Waals surface area contributed by atoms with E-state index in [9.17, 15) is 4.79 Å². The molecule has 0 bridgehead atoms. The van der Waals surface area contributed by atoms with Crippen molar-refractivity contribution in [1.29, 1.82) is 0 Å². The van der Waals surface area contributed by atoms with E-state index in [1.165, 1.54) is 19.3 Å². The molecular formula is C16H22O3. The van der Waals surface area contributed by atoms with Gasteiger partial charge in [0.2, 0.25) is 0 Å². The summed E-state index contributed by atoms with van der Waals surface area (Å²) in [6.45, 7) is 0.735. The molecule has 1 aromatic rings. The summed E-state index contributed by atoms with van der Waals surface area (Å²) < 4.78 is 10.6. The molecule has 0 heterocycles. The zero-order chi connectivity index (χ0) is 13.5. The second-order valence-electron chi connectivity index (χ2n) is 5.14. The van der Waals surface area contributed by atoms with Crippen LogP contribution in [0.1, 0.15) is 37.7 Å². The minimum Gasteiger partial charge on any atom is -0.497 e. The van der Waals surface area contributed by atoms with Crippen molar-refractivity contribution in [2.24, 2.45) is 5.92 Å². The Balaban J connectivity index is 1.71. The third-order valence-corrected chi connectivity index (χ3v) is 3.73. The van der Waals surface area contributed by atoms with Crippen molar-refractivity contribution in [2.75, 3.05) is 13.7 Å². The lowest BCUT2D eigenvalue weighted by atomic mass is 9.86. The molecule has 1 aliphatic carbocycles. The molecule has 2 rings (SSSR count). The minimum absolute atomic E-state index is 0.240. The molecule has 0 radical (unpaired) electrons. The number of ether oxygens (including phenoxy) is 2. The van der Waals surface area contributed by atoms with E-state index in [1.54, 1.807) is 7.11 Å². The topological polar surface area (TPSA) is 35.5 Å². The van der Waals surface area contributed by atoms with Crippen LogP contribution in [0, 0.1) is 5.92 Å². The van der Waals surface area contributed by atoms with Gasteiger partial charge in [-0.05, 0) is 30.5 Å². The molecule has 3 heteroatoms. The molecule has 104 valence electrons. The number of benzene rings is 1. The van der Waals surface area contributed by atoms with Crippen molar-refractivity contribution in [3.05, 3.63) is 29.8 Å². The lowest BCUT2D eigenvalue weighted by Gasteiger charge is -2.20. The van der Waals surface area contributed by atoms with Gasteiger partial charge in [0, 0.05) is 5.92 Å². The molecule has 0 N–H and O–H groups in total. The Morgan fingerprint density at radius 2 is 1.84 bits per heavy atom. The lowest BCUT2D eigenvalue weighted by Crippen LogP contribution is -2.22. The van der Waals surface area contributed by atoms with Gasteiger partial charge in [-0.3, -0.25) is 4.79 Å². The van der Waals surface area contributed by atoms with E-state index in [4.69, 9.17) is 9.47 Å². The molecule has 0 aliphatic heterocycles. The maximum absolute atomic E-state index is 11.9. The smallest absolute Gasteiger partial charge is 0.161 e.